The van der Waals surface area contributed by atoms with Crippen LogP contribution in [0.1, 0.15) is 24.5 Å². The molecule has 3 nitrogen and oxygen atoms in total. The van der Waals surface area contributed by atoms with Gasteiger partial charge in [-0.25, -0.2) is 0 Å². The van der Waals surface area contributed by atoms with Gasteiger partial charge in [-0.1, -0.05) is 25.1 Å². The SMILES string of the molecule is CCCN(C)Cc1cc(C)c2c(=O)c3ccc(OC)cc3ccc2c1. The molecule has 0 N–H and O–H groups in total. The highest BCUT2D eigenvalue weighted by molar-refractivity contribution is 5.95. The van der Waals surface area contributed by atoms with Gasteiger partial charge in [0.15, 0.2) is 5.43 Å². The minimum atomic E-state index is 0.0867. The summed E-state index contributed by atoms with van der Waals surface area (Å²) < 4.78 is 5.29. The first-order valence-electron chi connectivity index (χ1n) is 8.76. The molecule has 0 saturated carbocycles. The lowest BCUT2D eigenvalue weighted by Crippen LogP contribution is -2.18. The van der Waals surface area contributed by atoms with E-state index in [1.165, 1.54) is 5.56 Å². The van der Waals surface area contributed by atoms with Crippen LogP contribution in [-0.2, 0) is 6.54 Å². The van der Waals surface area contributed by atoms with Crippen LogP contribution in [0.15, 0.2) is 47.3 Å². The summed E-state index contributed by atoms with van der Waals surface area (Å²) in [7, 11) is 3.77. The maximum atomic E-state index is 13.1. The third-order valence-corrected chi connectivity index (χ3v) is 4.66. The van der Waals surface area contributed by atoms with Gasteiger partial charge in [-0.3, -0.25) is 4.79 Å². The van der Waals surface area contributed by atoms with E-state index < -0.39 is 0 Å². The first-order chi connectivity index (χ1) is 12.0. The maximum absolute atomic E-state index is 13.1. The second-order valence-corrected chi connectivity index (χ2v) is 6.73. The van der Waals surface area contributed by atoms with Crippen molar-refractivity contribution in [3.8, 4) is 5.75 Å². The number of hydrogen-bond acceptors (Lipinski definition) is 3. The molecule has 0 bridgehead atoms. The summed E-state index contributed by atoms with van der Waals surface area (Å²) >= 11 is 0. The van der Waals surface area contributed by atoms with Gasteiger partial charge in [0.2, 0.25) is 0 Å². The van der Waals surface area contributed by atoms with Crippen LogP contribution >= 0.6 is 0 Å². The van der Waals surface area contributed by atoms with Crippen molar-refractivity contribution >= 4 is 21.5 Å². The van der Waals surface area contributed by atoms with Crippen molar-refractivity contribution in [1.29, 1.82) is 0 Å². The van der Waals surface area contributed by atoms with Crippen molar-refractivity contribution in [2.45, 2.75) is 26.8 Å². The number of benzene rings is 2. The number of fused-ring (bicyclic) bond motifs is 2. The van der Waals surface area contributed by atoms with Crippen LogP contribution in [0, 0.1) is 6.92 Å². The van der Waals surface area contributed by atoms with Crippen LogP contribution in [-0.4, -0.2) is 25.6 Å². The van der Waals surface area contributed by atoms with E-state index in [2.05, 4.69) is 37.1 Å². The van der Waals surface area contributed by atoms with Gasteiger partial charge >= 0.3 is 0 Å². The van der Waals surface area contributed by atoms with Gasteiger partial charge in [0.25, 0.3) is 0 Å². The summed E-state index contributed by atoms with van der Waals surface area (Å²) in [5.41, 5.74) is 2.37. The molecule has 3 aromatic rings. The maximum Gasteiger partial charge on any atom is 0.194 e. The highest BCUT2D eigenvalue weighted by Gasteiger charge is 2.09. The summed E-state index contributed by atoms with van der Waals surface area (Å²) in [6.45, 7) is 6.18. The zero-order valence-electron chi connectivity index (χ0n) is 15.4. The lowest BCUT2D eigenvalue weighted by Gasteiger charge is -2.16. The number of hydrogen-bond donors (Lipinski definition) is 0. The van der Waals surface area contributed by atoms with Crippen molar-refractivity contribution in [2.75, 3.05) is 20.7 Å². The third kappa shape index (κ3) is 3.52. The number of methoxy groups -OCH3 is 1. The van der Waals surface area contributed by atoms with Crippen LogP contribution in [0.25, 0.3) is 21.5 Å². The van der Waals surface area contributed by atoms with E-state index in [4.69, 9.17) is 4.74 Å². The quantitative estimate of drug-likeness (QED) is 0.687. The van der Waals surface area contributed by atoms with Crippen molar-refractivity contribution in [3.63, 3.8) is 0 Å². The van der Waals surface area contributed by atoms with Gasteiger partial charge in [0, 0.05) is 17.3 Å². The molecule has 0 atom stereocenters. The molecule has 0 unspecified atom stereocenters. The molecule has 0 spiro atoms. The summed E-state index contributed by atoms with van der Waals surface area (Å²) in [4.78, 5) is 15.4. The minimum absolute atomic E-state index is 0.0867. The molecule has 25 heavy (non-hydrogen) atoms. The molecule has 130 valence electrons. The molecule has 3 rings (SSSR count). The Labute approximate surface area is 148 Å². The first-order valence-corrected chi connectivity index (χ1v) is 8.76. The van der Waals surface area contributed by atoms with Gasteiger partial charge in [-0.15, -0.1) is 0 Å². The lowest BCUT2D eigenvalue weighted by molar-refractivity contribution is 0.327. The smallest absolute Gasteiger partial charge is 0.194 e. The second kappa shape index (κ2) is 7.24. The molecule has 0 radical (unpaired) electrons. The molecule has 0 fully saturated rings. The Bertz CT molecular complexity index is 979. The molecule has 0 heterocycles. The number of rotatable bonds is 5. The average Bonchev–Trinajstić information content (AvgIpc) is 2.72. The predicted octanol–water partition coefficient (Wildman–Crippen LogP) is 4.51. The fourth-order valence-corrected chi connectivity index (χ4v) is 3.52. The summed E-state index contributed by atoms with van der Waals surface area (Å²) in [5.74, 6) is 0.765. The summed E-state index contributed by atoms with van der Waals surface area (Å²) in [6, 6.07) is 14.0. The van der Waals surface area contributed by atoms with Crippen molar-refractivity contribution in [2.24, 2.45) is 0 Å². The van der Waals surface area contributed by atoms with E-state index in [0.717, 1.165) is 52.4 Å². The summed E-state index contributed by atoms with van der Waals surface area (Å²) in [6.07, 6.45) is 1.13. The van der Waals surface area contributed by atoms with Gasteiger partial charge in [-0.2, -0.15) is 0 Å². The number of nitrogens with zero attached hydrogens (tertiary/aromatic N) is 1. The normalized spacial score (nSPS) is 11.4. The highest BCUT2D eigenvalue weighted by Crippen LogP contribution is 2.23. The monoisotopic (exact) mass is 335 g/mol. The fraction of sp³-hybridized carbons (Fsp3) is 0.318. The lowest BCUT2D eigenvalue weighted by atomic mass is 10.0. The van der Waals surface area contributed by atoms with Crippen LogP contribution in [0.3, 0.4) is 0 Å². The molecule has 0 aliphatic heterocycles. The van der Waals surface area contributed by atoms with Crippen LogP contribution in [0.2, 0.25) is 0 Å². The van der Waals surface area contributed by atoms with E-state index >= 15 is 0 Å². The Balaban J connectivity index is 2.21. The number of aryl methyl sites for hydroxylation is 1. The van der Waals surface area contributed by atoms with E-state index in [-0.39, 0.29) is 5.43 Å². The topological polar surface area (TPSA) is 29.5 Å². The molecule has 3 heteroatoms. The van der Waals surface area contributed by atoms with E-state index in [1.807, 2.05) is 31.2 Å². The average molecular weight is 335 g/mol. The standard InChI is InChI=1S/C22H25NO2/c1-5-10-23(3)14-16-11-15(2)21-18(12-16)7-6-17-13-19(25-4)8-9-20(17)22(21)24/h6-9,11-13H,5,10,14H2,1-4H3. The van der Waals surface area contributed by atoms with Crippen LogP contribution in [0.4, 0.5) is 0 Å². The molecule has 0 aliphatic carbocycles. The molecular weight excluding hydrogens is 310 g/mol. The fourth-order valence-electron chi connectivity index (χ4n) is 3.52. The van der Waals surface area contributed by atoms with Crippen LogP contribution in [0.5, 0.6) is 5.75 Å². The predicted molar refractivity (Wildman–Crippen MR) is 106 cm³/mol. The Morgan fingerprint density at radius 2 is 1.80 bits per heavy atom. The second-order valence-electron chi connectivity index (χ2n) is 6.73. The zero-order valence-corrected chi connectivity index (χ0v) is 15.4. The molecule has 0 aromatic heterocycles. The van der Waals surface area contributed by atoms with Crippen LogP contribution < -0.4 is 10.2 Å². The van der Waals surface area contributed by atoms with Crippen molar-refractivity contribution in [3.05, 3.63) is 63.8 Å². The molecule has 0 saturated heterocycles. The number of ether oxygens (including phenoxy) is 1. The first kappa shape index (κ1) is 17.4. The molecular formula is C22H25NO2. The van der Waals surface area contributed by atoms with Gasteiger partial charge in [-0.05, 0) is 73.1 Å². The molecule has 0 amide bonds. The van der Waals surface area contributed by atoms with Gasteiger partial charge in [0.05, 0.1) is 7.11 Å². The Hall–Kier alpha value is -2.39. The Morgan fingerprint density at radius 3 is 2.52 bits per heavy atom. The van der Waals surface area contributed by atoms with Gasteiger partial charge in [0.1, 0.15) is 5.75 Å². The third-order valence-electron chi connectivity index (χ3n) is 4.66. The Morgan fingerprint density at radius 1 is 1.04 bits per heavy atom. The van der Waals surface area contributed by atoms with E-state index in [0.29, 0.717) is 0 Å². The Kier molecular flexibility index (Phi) is 5.05. The van der Waals surface area contributed by atoms with Crippen molar-refractivity contribution < 1.29 is 4.74 Å². The minimum Gasteiger partial charge on any atom is -0.497 e. The van der Waals surface area contributed by atoms with Crippen molar-refractivity contribution in [1.82, 2.24) is 4.90 Å². The zero-order chi connectivity index (χ0) is 18.0. The molecule has 3 aromatic carbocycles. The molecule has 0 aliphatic rings. The van der Waals surface area contributed by atoms with Gasteiger partial charge < -0.3 is 9.64 Å². The largest absolute Gasteiger partial charge is 0.497 e. The van der Waals surface area contributed by atoms with E-state index in [9.17, 15) is 4.79 Å². The van der Waals surface area contributed by atoms with E-state index in [1.54, 1.807) is 7.11 Å². The summed E-state index contributed by atoms with van der Waals surface area (Å²) in [5, 5.41) is 3.45. The highest BCUT2D eigenvalue weighted by atomic mass is 16.5.